The van der Waals surface area contributed by atoms with Crippen LogP contribution in [0.15, 0.2) is 39.9 Å². The zero-order valence-electron chi connectivity index (χ0n) is 14.4. The molecule has 0 radical (unpaired) electrons. The summed E-state index contributed by atoms with van der Waals surface area (Å²) in [5, 5.41) is -0.0375. The number of halogens is 3. The zero-order valence-corrected chi connectivity index (χ0v) is 14.4. The molecule has 2 aromatic heterocycles. The normalized spacial score (nSPS) is 11.9. The van der Waals surface area contributed by atoms with Crippen molar-refractivity contribution in [3.63, 3.8) is 0 Å². The van der Waals surface area contributed by atoms with Gasteiger partial charge in [-0.05, 0) is 31.5 Å². The fraction of sp³-hybridized carbons (Fsp3) is 0.278. The van der Waals surface area contributed by atoms with Crippen LogP contribution in [0.2, 0.25) is 0 Å². The molecule has 0 aliphatic rings. The molecule has 0 bridgehead atoms. The maximum Gasteiger partial charge on any atom is 0.433 e. The van der Waals surface area contributed by atoms with Crippen LogP contribution in [0.5, 0.6) is 0 Å². The van der Waals surface area contributed by atoms with Crippen LogP contribution < -0.4 is 11.2 Å². The highest BCUT2D eigenvalue weighted by Gasteiger charge is 2.33. The van der Waals surface area contributed by atoms with Gasteiger partial charge in [-0.3, -0.25) is 13.9 Å². The Kier molecular flexibility index (Phi) is 4.21. The molecule has 8 heteroatoms. The van der Waals surface area contributed by atoms with Gasteiger partial charge in [0.1, 0.15) is 11.3 Å². The molecule has 3 aromatic rings. The molecule has 0 atom stereocenters. The third kappa shape index (κ3) is 3.14. The van der Waals surface area contributed by atoms with E-state index in [0.29, 0.717) is 0 Å². The van der Waals surface area contributed by atoms with Gasteiger partial charge >= 0.3 is 11.9 Å². The van der Waals surface area contributed by atoms with Gasteiger partial charge in [-0.15, -0.1) is 0 Å². The van der Waals surface area contributed by atoms with Gasteiger partial charge in [0.25, 0.3) is 5.56 Å². The Hall–Kier alpha value is -2.90. The molecule has 2 heterocycles. The van der Waals surface area contributed by atoms with E-state index in [0.717, 1.165) is 38.0 Å². The number of hydrogen-bond acceptors (Lipinski definition) is 3. The molecular formula is C18H16F3N3O2. The van der Waals surface area contributed by atoms with Crippen LogP contribution >= 0.6 is 0 Å². The van der Waals surface area contributed by atoms with Gasteiger partial charge in [-0.2, -0.15) is 13.2 Å². The van der Waals surface area contributed by atoms with Crippen LogP contribution in [0, 0.1) is 13.8 Å². The van der Waals surface area contributed by atoms with Crippen molar-refractivity contribution in [1.29, 1.82) is 0 Å². The second-order valence-electron chi connectivity index (χ2n) is 6.29. The first kappa shape index (κ1) is 17.9. The first-order chi connectivity index (χ1) is 12.1. The van der Waals surface area contributed by atoms with Gasteiger partial charge in [-0.25, -0.2) is 9.78 Å². The van der Waals surface area contributed by atoms with E-state index in [9.17, 15) is 22.8 Å². The monoisotopic (exact) mass is 363 g/mol. The molecule has 0 saturated heterocycles. The number of hydrogen-bond donors (Lipinski definition) is 0. The topological polar surface area (TPSA) is 56.9 Å². The lowest BCUT2D eigenvalue weighted by molar-refractivity contribution is -0.141. The van der Waals surface area contributed by atoms with E-state index in [2.05, 4.69) is 4.98 Å². The lowest BCUT2D eigenvalue weighted by Crippen LogP contribution is -2.39. The highest BCUT2D eigenvalue weighted by atomic mass is 19.4. The summed E-state index contributed by atoms with van der Waals surface area (Å²) >= 11 is 0. The lowest BCUT2D eigenvalue weighted by Gasteiger charge is -2.13. The Morgan fingerprint density at radius 1 is 1.04 bits per heavy atom. The van der Waals surface area contributed by atoms with Gasteiger partial charge in [0.2, 0.25) is 0 Å². The molecule has 0 saturated carbocycles. The smallest absolute Gasteiger partial charge is 0.280 e. The average molecular weight is 363 g/mol. The number of aromatic nitrogens is 3. The molecule has 5 nitrogen and oxygen atoms in total. The predicted octanol–water partition coefficient (Wildman–Crippen LogP) is 2.78. The Morgan fingerprint density at radius 2 is 1.65 bits per heavy atom. The summed E-state index contributed by atoms with van der Waals surface area (Å²) in [6, 6.07) is 7.48. The molecule has 0 fully saturated rings. The van der Waals surface area contributed by atoms with Crippen molar-refractivity contribution in [3.8, 4) is 0 Å². The highest BCUT2D eigenvalue weighted by molar-refractivity contribution is 5.74. The lowest BCUT2D eigenvalue weighted by atomic mass is 10.1. The molecule has 1 aromatic carbocycles. The quantitative estimate of drug-likeness (QED) is 0.704. The SMILES string of the molecule is Cc1cc(C)cc(Cn2c(=O)c3ccc(C(F)(F)F)nc3n(C)c2=O)c1. The van der Waals surface area contributed by atoms with Crippen molar-refractivity contribution in [2.45, 2.75) is 26.6 Å². The Labute approximate surface area is 146 Å². The molecule has 0 spiro atoms. The van der Waals surface area contributed by atoms with Crippen molar-refractivity contribution in [3.05, 3.63) is 73.6 Å². The molecule has 136 valence electrons. The van der Waals surface area contributed by atoms with E-state index in [1.54, 1.807) is 0 Å². The minimum atomic E-state index is -4.65. The Bertz CT molecular complexity index is 1110. The number of fused-ring (bicyclic) bond motifs is 1. The summed E-state index contributed by atoms with van der Waals surface area (Å²) in [7, 11) is 1.30. The number of pyridine rings is 1. The molecule has 0 N–H and O–H groups in total. The molecule has 3 rings (SSSR count). The average Bonchev–Trinajstić information content (AvgIpc) is 2.54. The maximum absolute atomic E-state index is 12.9. The molecule has 26 heavy (non-hydrogen) atoms. The first-order valence-corrected chi connectivity index (χ1v) is 7.83. The summed E-state index contributed by atoms with van der Waals surface area (Å²) in [6.07, 6.45) is -4.65. The van der Waals surface area contributed by atoms with Gasteiger partial charge in [-0.1, -0.05) is 29.3 Å². The standard InChI is InChI=1S/C18H16F3N3O2/c1-10-6-11(2)8-12(7-10)9-24-16(25)13-4-5-14(18(19,20)21)22-15(13)23(3)17(24)26/h4-8H,9H2,1-3H3. The molecule has 0 aliphatic heterocycles. The van der Waals surface area contributed by atoms with Gasteiger partial charge in [0.15, 0.2) is 0 Å². The van der Waals surface area contributed by atoms with Crippen LogP contribution in [-0.2, 0) is 19.8 Å². The van der Waals surface area contributed by atoms with Gasteiger partial charge < -0.3 is 0 Å². The van der Waals surface area contributed by atoms with Crippen molar-refractivity contribution in [2.75, 3.05) is 0 Å². The fourth-order valence-electron chi connectivity index (χ4n) is 3.02. The van der Waals surface area contributed by atoms with Gasteiger partial charge in [0.05, 0.1) is 11.9 Å². The fourth-order valence-corrected chi connectivity index (χ4v) is 3.02. The number of nitrogens with zero attached hydrogens (tertiary/aromatic N) is 3. The second kappa shape index (κ2) is 6.12. The molecule has 0 amide bonds. The zero-order chi connectivity index (χ0) is 19.2. The van der Waals surface area contributed by atoms with E-state index in [1.165, 1.54) is 7.05 Å². The van der Waals surface area contributed by atoms with Crippen LogP contribution in [0.4, 0.5) is 13.2 Å². The Morgan fingerprint density at radius 3 is 2.23 bits per heavy atom. The van der Waals surface area contributed by atoms with Crippen LogP contribution in [-0.4, -0.2) is 14.1 Å². The summed E-state index contributed by atoms with van der Waals surface area (Å²) in [6.45, 7) is 3.84. The van der Waals surface area contributed by atoms with Crippen LogP contribution in [0.1, 0.15) is 22.4 Å². The van der Waals surface area contributed by atoms with E-state index in [1.807, 2.05) is 32.0 Å². The van der Waals surface area contributed by atoms with Crippen molar-refractivity contribution in [2.24, 2.45) is 7.05 Å². The van der Waals surface area contributed by atoms with Crippen molar-refractivity contribution in [1.82, 2.24) is 14.1 Å². The predicted molar refractivity (Wildman–Crippen MR) is 91.3 cm³/mol. The van der Waals surface area contributed by atoms with Crippen LogP contribution in [0.3, 0.4) is 0 Å². The summed E-state index contributed by atoms with van der Waals surface area (Å²) < 4.78 is 40.5. The first-order valence-electron chi connectivity index (χ1n) is 7.83. The van der Waals surface area contributed by atoms with E-state index in [-0.39, 0.29) is 17.6 Å². The van der Waals surface area contributed by atoms with E-state index in [4.69, 9.17) is 0 Å². The van der Waals surface area contributed by atoms with E-state index < -0.39 is 23.1 Å². The minimum absolute atomic E-state index is 0.0327. The number of aryl methyl sites for hydroxylation is 3. The maximum atomic E-state index is 12.9. The summed E-state index contributed by atoms with van der Waals surface area (Å²) in [4.78, 5) is 28.7. The van der Waals surface area contributed by atoms with Gasteiger partial charge in [0, 0.05) is 7.05 Å². The largest absolute Gasteiger partial charge is 0.433 e. The Balaban J connectivity index is 2.22. The molecule has 0 unspecified atom stereocenters. The summed E-state index contributed by atoms with van der Waals surface area (Å²) in [5.74, 6) is 0. The number of rotatable bonds is 2. The minimum Gasteiger partial charge on any atom is -0.280 e. The third-order valence-corrected chi connectivity index (χ3v) is 4.10. The summed E-state index contributed by atoms with van der Waals surface area (Å²) in [5.41, 5.74) is -0.0693. The van der Waals surface area contributed by atoms with E-state index >= 15 is 0 Å². The van der Waals surface area contributed by atoms with Crippen molar-refractivity contribution >= 4 is 11.0 Å². The van der Waals surface area contributed by atoms with Crippen molar-refractivity contribution < 1.29 is 13.2 Å². The number of benzene rings is 1. The van der Waals surface area contributed by atoms with Crippen LogP contribution in [0.25, 0.3) is 11.0 Å². The molecular weight excluding hydrogens is 347 g/mol. The highest BCUT2D eigenvalue weighted by Crippen LogP contribution is 2.28. The third-order valence-electron chi connectivity index (χ3n) is 4.10. The number of alkyl halides is 3. The second-order valence-corrected chi connectivity index (χ2v) is 6.29. The molecule has 0 aliphatic carbocycles.